The molecule has 0 saturated heterocycles. The maximum absolute atomic E-state index is 12.0. The average Bonchev–Trinajstić information content (AvgIpc) is 2.13. The molecular formula is C11H16N2O4S. The van der Waals surface area contributed by atoms with Gasteiger partial charge in [-0.3, -0.25) is 4.72 Å². The van der Waals surface area contributed by atoms with Gasteiger partial charge >= 0.3 is 16.3 Å². The minimum Gasteiger partial charge on any atom is -0.464 e. The summed E-state index contributed by atoms with van der Waals surface area (Å²) < 4.78 is 26.7. The number of carboxylic acid groups (broad SMARTS) is 1. The molecule has 0 spiro atoms. The van der Waals surface area contributed by atoms with Crippen molar-refractivity contribution in [3.05, 3.63) is 30.3 Å². The highest BCUT2D eigenvalue weighted by atomic mass is 32.2. The highest BCUT2D eigenvalue weighted by molar-refractivity contribution is 7.91. The number of nitrogens with zero attached hydrogens (tertiary/aromatic N) is 1. The van der Waals surface area contributed by atoms with Crippen LogP contribution in [0.3, 0.4) is 0 Å². The second kappa shape index (κ2) is 4.85. The van der Waals surface area contributed by atoms with Crippen molar-refractivity contribution in [1.29, 1.82) is 0 Å². The predicted octanol–water partition coefficient (Wildman–Crippen LogP) is 2.12. The van der Waals surface area contributed by atoms with E-state index >= 15 is 0 Å². The summed E-state index contributed by atoms with van der Waals surface area (Å²) in [5.74, 6) is 0. The zero-order chi connectivity index (χ0) is 14.0. The lowest BCUT2D eigenvalue weighted by Gasteiger charge is -2.31. The van der Waals surface area contributed by atoms with E-state index in [1.165, 1.54) is 20.8 Å². The molecule has 1 amide bonds. The smallest absolute Gasteiger partial charge is 0.422 e. The Hall–Kier alpha value is -1.76. The molecule has 0 bridgehead atoms. The Morgan fingerprint density at radius 3 is 2.11 bits per heavy atom. The van der Waals surface area contributed by atoms with Crippen LogP contribution in [0.15, 0.2) is 30.3 Å². The quantitative estimate of drug-likeness (QED) is 0.882. The van der Waals surface area contributed by atoms with Gasteiger partial charge in [-0.2, -0.15) is 12.7 Å². The van der Waals surface area contributed by atoms with Crippen molar-refractivity contribution in [2.45, 2.75) is 26.3 Å². The van der Waals surface area contributed by atoms with Gasteiger partial charge in [-0.1, -0.05) is 18.2 Å². The van der Waals surface area contributed by atoms with Crippen LogP contribution in [0.25, 0.3) is 0 Å². The van der Waals surface area contributed by atoms with Crippen LogP contribution in [0, 0.1) is 0 Å². The summed E-state index contributed by atoms with van der Waals surface area (Å²) in [6, 6.07) is 8.12. The van der Waals surface area contributed by atoms with Gasteiger partial charge in [0.15, 0.2) is 0 Å². The maximum atomic E-state index is 12.0. The number of amides is 1. The SMILES string of the molecule is CC(C)(C)N(C(=O)O)S(=O)(=O)Nc1ccccc1. The molecular weight excluding hydrogens is 256 g/mol. The first-order valence-electron chi connectivity index (χ1n) is 5.26. The van der Waals surface area contributed by atoms with E-state index in [0.29, 0.717) is 9.99 Å². The van der Waals surface area contributed by atoms with Crippen molar-refractivity contribution in [2.24, 2.45) is 0 Å². The molecule has 2 N–H and O–H groups in total. The van der Waals surface area contributed by atoms with Crippen LogP contribution in [0.4, 0.5) is 10.5 Å². The number of benzene rings is 1. The lowest BCUT2D eigenvalue weighted by atomic mass is 10.1. The van der Waals surface area contributed by atoms with Gasteiger partial charge in [-0.15, -0.1) is 0 Å². The summed E-state index contributed by atoms with van der Waals surface area (Å²) in [7, 11) is -4.15. The fraction of sp³-hybridized carbons (Fsp3) is 0.364. The van der Waals surface area contributed by atoms with E-state index in [2.05, 4.69) is 4.72 Å². The third-order valence-corrected chi connectivity index (χ3v) is 3.72. The molecule has 0 radical (unpaired) electrons. The normalized spacial score (nSPS) is 11.9. The summed E-state index contributed by atoms with van der Waals surface area (Å²) in [6.07, 6.45) is -1.52. The van der Waals surface area contributed by atoms with Crippen LogP contribution in [-0.2, 0) is 10.2 Å². The van der Waals surface area contributed by atoms with Crippen molar-refractivity contribution in [3.8, 4) is 0 Å². The highest BCUT2D eigenvalue weighted by Gasteiger charge is 2.37. The molecule has 0 aromatic heterocycles. The Kier molecular flexibility index (Phi) is 3.85. The molecule has 1 aromatic carbocycles. The number of nitrogens with one attached hydrogen (secondary N) is 1. The van der Waals surface area contributed by atoms with E-state index in [0.717, 1.165) is 0 Å². The average molecular weight is 272 g/mol. The molecule has 0 aliphatic rings. The van der Waals surface area contributed by atoms with Crippen LogP contribution in [0.5, 0.6) is 0 Å². The number of rotatable bonds is 3. The maximum Gasteiger partial charge on any atom is 0.422 e. The summed E-state index contributed by atoms with van der Waals surface area (Å²) in [5, 5.41) is 9.03. The summed E-state index contributed by atoms with van der Waals surface area (Å²) in [6.45, 7) is 4.52. The molecule has 6 nitrogen and oxygen atoms in total. The molecule has 0 aliphatic carbocycles. The molecule has 18 heavy (non-hydrogen) atoms. The summed E-state index contributed by atoms with van der Waals surface area (Å²) in [4.78, 5) is 11.1. The van der Waals surface area contributed by atoms with Crippen molar-refractivity contribution in [1.82, 2.24) is 4.31 Å². The molecule has 1 rings (SSSR count). The van der Waals surface area contributed by atoms with Gasteiger partial charge in [-0.25, -0.2) is 4.79 Å². The first kappa shape index (κ1) is 14.3. The molecule has 0 heterocycles. The zero-order valence-corrected chi connectivity index (χ0v) is 11.2. The molecule has 0 saturated carbocycles. The number of hydrogen-bond acceptors (Lipinski definition) is 3. The van der Waals surface area contributed by atoms with E-state index < -0.39 is 21.8 Å². The van der Waals surface area contributed by atoms with Crippen molar-refractivity contribution in [3.63, 3.8) is 0 Å². The second-order valence-corrected chi connectivity index (χ2v) is 6.21. The van der Waals surface area contributed by atoms with Gasteiger partial charge < -0.3 is 5.11 Å². The molecule has 0 aliphatic heterocycles. The summed E-state index contributed by atoms with van der Waals surface area (Å²) in [5.41, 5.74) is -0.750. The predicted molar refractivity (Wildman–Crippen MR) is 68.6 cm³/mol. The van der Waals surface area contributed by atoms with Gasteiger partial charge in [0.05, 0.1) is 11.2 Å². The van der Waals surface area contributed by atoms with Crippen LogP contribution >= 0.6 is 0 Å². The van der Waals surface area contributed by atoms with Gasteiger partial charge in [0.1, 0.15) is 0 Å². The van der Waals surface area contributed by atoms with Crippen molar-refractivity contribution >= 4 is 22.0 Å². The fourth-order valence-corrected chi connectivity index (χ4v) is 2.90. The van der Waals surface area contributed by atoms with Gasteiger partial charge in [-0.05, 0) is 32.9 Å². The molecule has 7 heteroatoms. The third kappa shape index (κ3) is 3.36. The number of carbonyl (C=O) groups is 1. The minimum atomic E-state index is -4.15. The number of anilines is 1. The van der Waals surface area contributed by atoms with Crippen LogP contribution in [0.1, 0.15) is 20.8 Å². The summed E-state index contributed by atoms with van der Waals surface area (Å²) >= 11 is 0. The first-order chi connectivity index (χ1) is 8.14. The van der Waals surface area contributed by atoms with Crippen LogP contribution < -0.4 is 4.72 Å². The molecule has 0 atom stereocenters. The number of hydrogen-bond donors (Lipinski definition) is 2. The number of para-hydroxylation sites is 1. The topological polar surface area (TPSA) is 86.7 Å². The Labute approximate surface area is 106 Å². The lowest BCUT2D eigenvalue weighted by molar-refractivity contribution is 0.147. The van der Waals surface area contributed by atoms with Gasteiger partial charge in [0, 0.05) is 0 Å². The highest BCUT2D eigenvalue weighted by Crippen LogP contribution is 2.20. The Morgan fingerprint density at radius 2 is 1.72 bits per heavy atom. The molecule has 0 fully saturated rings. The van der Waals surface area contributed by atoms with E-state index in [1.807, 2.05) is 0 Å². The van der Waals surface area contributed by atoms with E-state index in [9.17, 15) is 13.2 Å². The van der Waals surface area contributed by atoms with E-state index in [1.54, 1.807) is 30.3 Å². The van der Waals surface area contributed by atoms with Crippen molar-refractivity contribution in [2.75, 3.05) is 4.72 Å². The van der Waals surface area contributed by atoms with Crippen LogP contribution in [-0.4, -0.2) is 29.5 Å². The molecule has 0 unspecified atom stereocenters. The van der Waals surface area contributed by atoms with Gasteiger partial charge in [0.25, 0.3) is 0 Å². The van der Waals surface area contributed by atoms with E-state index in [4.69, 9.17) is 5.11 Å². The Balaban J connectivity index is 3.09. The Morgan fingerprint density at radius 1 is 1.22 bits per heavy atom. The van der Waals surface area contributed by atoms with Crippen LogP contribution in [0.2, 0.25) is 0 Å². The standard InChI is InChI=1S/C11H16N2O4S/c1-11(2,3)13(10(14)15)18(16,17)12-9-7-5-4-6-8-9/h4-8,12H,1-3H3,(H,14,15). The monoisotopic (exact) mass is 272 g/mol. The fourth-order valence-electron chi connectivity index (χ4n) is 1.45. The van der Waals surface area contributed by atoms with E-state index in [-0.39, 0.29) is 0 Å². The Bertz CT molecular complexity index is 520. The molecule has 100 valence electrons. The zero-order valence-electron chi connectivity index (χ0n) is 10.4. The minimum absolute atomic E-state index is 0.313. The van der Waals surface area contributed by atoms with Gasteiger partial charge in [0.2, 0.25) is 0 Å². The van der Waals surface area contributed by atoms with Crippen molar-refractivity contribution < 1.29 is 18.3 Å². The largest absolute Gasteiger partial charge is 0.464 e. The first-order valence-corrected chi connectivity index (χ1v) is 6.70. The third-order valence-electron chi connectivity index (χ3n) is 2.04. The molecule has 1 aromatic rings. The second-order valence-electron chi connectivity index (χ2n) is 4.69. The lowest BCUT2D eigenvalue weighted by Crippen LogP contribution is -2.50.